The number of halogens is 1. The van der Waals surface area contributed by atoms with E-state index in [0.717, 1.165) is 31.7 Å². The van der Waals surface area contributed by atoms with Gasteiger partial charge in [0.05, 0.1) is 11.2 Å². The van der Waals surface area contributed by atoms with Crippen molar-refractivity contribution in [3.63, 3.8) is 0 Å². The SMILES string of the molecule is Cc1cccc2c(Sc3nnnn3-c3ccc(Br)cc3)ncnc12. The normalized spacial score (nSPS) is 11.1. The lowest BCUT2D eigenvalue weighted by Gasteiger charge is -2.07. The molecule has 24 heavy (non-hydrogen) atoms. The molecule has 0 aliphatic heterocycles. The van der Waals surface area contributed by atoms with Crippen molar-refractivity contribution in [3.8, 4) is 5.69 Å². The Labute approximate surface area is 150 Å². The zero-order valence-electron chi connectivity index (χ0n) is 12.6. The van der Waals surface area contributed by atoms with Crippen LogP contribution in [-0.2, 0) is 0 Å². The van der Waals surface area contributed by atoms with Crippen LogP contribution in [0, 0.1) is 6.92 Å². The Kier molecular flexibility index (Phi) is 3.99. The first kappa shape index (κ1) is 15.2. The molecule has 118 valence electrons. The number of fused-ring (bicyclic) bond motifs is 1. The van der Waals surface area contributed by atoms with Crippen LogP contribution in [-0.4, -0.2) is 30.2 Å². The molecule has 0 aliphatic rings. The maximum absolute atomic E-state index is 4.41. The van der Waals surface area contributed by atoms with Crippen LogP contribution in [0.2, 0.25) is 0 Å². The van der Waals surface area contributed by atoms with Gasteiger partial charge in [-0.2, -0.15) is 4.68 Å². The summed E-state index contributed by atoms with van der Waals surface area (Å²) in [7, 11) is 0. The van der Waals surface area contributed by atoms with Crippen LogP contribution in [0.3, 0.4) is 0 Å². The summed E-state index contributed by atoms with van der Waals surface area (Å²) < 4.78 is 2.70. The van der Waals surface area contributed by atoms with Crippen molar-refractivity contribution >= 4 is 38.6 Å². The molecule has 0 unspecified atom stereocenters. The van der Waals surface area contributed by atoms with Gasteiger partial charge in [-0.05, 0) is 58.9 Å². The molecule has 4 rings (SSSR count). The van der Waals surface area contributed by atoms with E-state index < -0.39 is 0 Å². The molecule has 8 heteroatoms. The number of tetrazole rings is 1. The van der Waals surface area contributed by atoms with Crippen molar-refractivity contribution in [2.45, 2.75) is 17.1 Å². The summed E-state index contributed by atoms with van der Waals surface area (Å²) in [4.78, 5) is 8.78. The van der Waals surface area contributed by atoms with Crippen LogP contribution in [0.15, 0.2) is 63.4 Å². The largest absolute Gasteiger partial charge is 0.236 e. The summed E-state index contributed by atoms with van der Waals surface area (Å²) in [6.45, 7) is 2.04. The number of rotatable bonds is 3. The first-order valence-electron chi connectivity index (χ1n) is 7.15. The summed E-state index contributed by atoms with van der Waals surface area (Å²) in [6.07, 6.45) is 1.57. The van der Waals surface area contributed by atoms with Gasteiger partial charge in [0.25, 0.3) is 0 Å². The summed E-state index contributed by atoms with van der Waals surface area (Å²) in [6, 6.07) is 13.9. The summed E-state index contributed by atoms with van der Waals surface area (Å²) in [5.74, 6) is 0. The lowest BCUT2D eigenvalue weighted by atomic mass is 10.1. The van der Waals surface area contributed by atoms with Crippen molar-refractivity contribution in [1.29, 1.82) is 0 Å². The van der Waals surface area contributed by atoms with Gasteiger partial charge in [-0.1, -0.05) is 34.1 Å². The Bertz CT molecular complexity index is 1010. The van der Waals surface area contributed by atoms with Crippen LogP contribution < -0.4 is 0 Å². The van der Waals surface area contributed by atoms with E-state index in [1.54, 1.807) is 11.0 Å². The van der Waals surface area contributed by atoms with Gasteiger partial charge in [-0.3, -0.25) is 0 Å². The smallest absolute Gasteiger partial charge is 0.220 e. The molecule has 0 radical (unpaired) electrons. The second-order valence-corrected chi connectivity index (χ2v) is 6.97. The van der Waals surface area contributed by atoms with Gasteiger partial charge in [0.15, 0.2) is 0 Å². The van der Waals surface area contributed by atoms with Crippen LogP contribution in [0.4, 0.5) is 0 Å². The Hall–Kier alpha value is -2.32. The predicted octanol–water partition coefficient (Wildman–Crippen LogP) is 3.83. The molecular formula is C16H11BrN6S. The van der Waals surface area contributed by atoms with E-state index >= 15 is 0 Å². The van der Waals surface area contributed by atoms with E-state index in [1.807, 2.05) is 49.4 Å². The number of hydrogen-bond acceptors (Lipinski definition) is 6. The third kappa shape index (κ3) is 2.78. The molecule has 0 fully saturated rings. The monoisotopic (exact) mass is 398 g/mol. The Balaban J connectivity index is 1.77. The molecule has 0 atom stereocenters. The highest BCUT2D eigenvalue weighted by atomic mass is 79.9. The van der Waals surface area contributed by atoms with Gasteiger partial charge in [0, 0.05) is 9.86 Å². The van der Waals surface area contributed by atoms with E-state index in [2.05, 4.69) is 41.4 Å². The fraction of sp³-hybridized carbons (Fsp3) is 0.0625. The van der Waals surface area contributed by atoms with Gasteiger partial charge >= 0.3 is 0 Å². The fourth-order valence-corrected chi connectivity index (χ4v) is 3.48. The molecule has 0 amide bonds. The van der Waals surface area contributed by atoms with E-state index in [9.17, 15) is 0 Å². The van der Waals surface area contributed by atoms with Crippen molar-refractivity contribution in [3.05, 3.63) is 58.8 Å². The van der Waals surface area contributed by atoms with E-state index in [0.29, 0.717) is 5.16 Å². The van der Waals surface area contributed by atoms with Crippen LogP contribution in [0.1, 0.15) is 5.56 Å². The van der Waals surface area contributed by atoms with Gasteiger partial charge in [0.1, 0.15) is 11.4 Å². The standard InChI is InChI=1S/C16H11BrN6S/c1-10-3-2-4-13-14(10)18-9-19-15(13)24-16-20-21-22-23(16)12-7-5-11(17)6-8-12/h2-9H,1H3. The average molecular weight is 399 g/mol. The van der Waals surface area contributed by atoms with Gasteiger partial charge in [-0.25, -0.2) is 9.97 Å². The molecule has 0 saturated carbocycles. The summed E-state index contributed by atoms with van der Waals surface area (Å²) in [5, 5.41) is 14.5. The van der Waals surface area contributed by atoms with Crippen molar-refractivity contribution in [2.75, 3.05) is 0 Å². The first-order valence-corrected chi connectivity index (χ1v) is 8.76. The van der Waals surface area contributed by atoms with E-state index in [4.69, 9.17) is 0 Å². The average Bonchev–Trinajstić information content (AvgIpc) is 3.05. The lowest BCUT2D eigenvalue weighted by molar-refractivity contribution is 0.756. The van der Waals surface area contributed by atoms with Crippen molar-refractivity contribution in [2.24, 2.45) is 0 Å². The third-order valence-electron chi connectivity index (χ3n) is 3.53. The molecule has 2 heterocycles. The molecule has 2 aromatic heterocycles. The first-order chi connectivity index (χ1) is 11.7. The summed E-state index contributed by atoms with van der Waals surface area (Å²) in [5.41, 5.74) is 2.95. The van der Waals surface area contributed by atoms with E-state index in [-0.39, 0.29) is 0 Å². The Morgan fingerprint density at radius 2 is 1.88 bits per heavy atom. The zero-order valence-corrected chi connectivity index (χ0v) is 15.0. The molecular weight excluding hydrogens is 388 g/mol. The third-order valence-corrected chi connectivity index (χ3v) is 5.01. The number of aromatic nitrogens is 6. The Morgan fingerprint density at radius 3 is 2.71 bits per heavy atom. The Morgan fingerprint density at radius 1 is 1.04 bits per heavy atom. The molecule has 0 spiro atoms. The number of aryl methyl sites for hydroxylation is 1. The van der Waals surface area contributed by atoms with Crippen molar-refractivity contribution < 1.29 is 0 Å². The van der Waals surface area contributed by atoms with Crippen molar-refractivity contribution in [1.82, 2.24) is 30.2 Å². The minimum atomic E-state index is 0.652. The molecule has 0 aliphatic carbocycles. The highest BCUT2D eigenvalue weighted by molar-refractivity contribution is 9.10. The number of hydrogen-bond donors (Lipinski definition) is 0. The molecule has 4 aromatic rings. The van der Waals surface area contributed by atoms with Gasteiger partial charge in [0.2, 0.25) is 5.16 Å². The fourth-order valence-electron chi connectivity index (χ4n) is 2.37. The highest BCUT2D eigenvalue weighted by Crippen LogP contribution is 2.31. The molecule has 0 saturated heterocycles. The minimum Gasteiger partial charge on any atom is -0.236 e. The maximum Gasteiger partial charge on any atom is 0.220 e. The molecule has 2 aromatic carbocycles. The van der Waals surface area contributed by atoms with Crippen LogP contribution >= 0.6 is 27.7 Å². The maximum atomic E-state index is 4.41. The molecule has 0 N–H and O–H groups in total. The zero-order chi connectivity index (χ0) is 16.5. The predicted molar refractivity (Wildman–Crippen MR) is 95.3 cm³/mol. The second kappa shape index (κ2) is 6.29. The summed E-state index contributed by atoms with van der Waals surface area (Å²) >= 11 is 4.85. The van der Waals surface area contributed by atoms with E-state index in [1.165, 1.54) is 11.8 Å². The highest BCUT2D eigenvalue weighted by Gasteiger charge is 2.14. The minimum absolute atomic E-state index is 0.652. The number of nitrogens with zero attached hydrogens (tertiary/aromatic N) is 6. The van der Waals surface area contributed by atoms with Gasteiger partial charge in [-0.15, -0.1) is 5.10 Å². The molecule has 6 nitrogen and oxygen atoms in total. The van der Waals surface area contributed by atoms with Crippen LogP contribution in [0.25, 0.3) is 16.6 Å². The van der Waals surface area contributed by atoms with Crippen LogP contribution in [0.5, 0.6) is 0 Å². The number of para-hydroxylation sites is 1. The second-order valence-electron chi connectivity index (χ2n) is 5.10. The quantitative estimate of drug-likeness (QED) is 0.488. The number of benzene rings is 2. The topological polar surface area (TPSA) is 69.4 Å². The van der Waals surface area contributed by atoms with Gasteiger partial charge < -0.3 is 0 Å². The lowest BCUT2D eigenvalue weighted by Crippen LogP contribution is -1.99. The molecule has 0 bridgehead atoms.